The van der Waals surface area contributed by atoms with Gasteiger partial charge in [-0.25, -0.2) is 4.79 Å². The van der Waals surface area contributed by atoms with Gasteiger partial charge in [-0.05, 0) is 48.0 Å². The summed E-state index contributed by atoms with van der Waals surface area (Å²) in [4.78, 5) is 30.1. The molecule has 31 heavy (non-hydrogen) atoms. The summed E-state index contributed by atoms with van der Waals surface area (Å²) in [6, 6.07) is 18.5. The predicted molar refractivity (Wildman–Crippen MR) is 123 cm³/mol. The number of rotatable bonds is 7. The van der Waals surface area contributed by atoms with E-state index in [1.807, 2.05) is 102 Å². The molecule has 0 N–H and O–H groups in total. The van der Waals surface area contributed by atoms with Crippen LogP contribution in [0.3, 0.4) is 0 Å². The number of hydrogen-bond donors (Lipinski definition) is 0. The molecule has 0 saturated carbocycles. The van der Waals surface area contributed by atoms with Gasteiger partial charge in [0.15, 0.2) is 0 Å². The number of benzene rings is 2. The maximum absolute atomic E-state index is 13.0. The summed E-state index contributed by atoms with van der Waals surface area (Å²) < 4.78 is 11.0. The maximum atomic E-state index is 13.0. The Balaban J connectivity index is 2.40. The topological polar surface area (TPSA) is 65.0 Å². The summed E-state index contributed by atoms with van der Waals surface area (Å²) in [6.45, 7) is 10.9. The Morgan fingerprint density at radius 2 is 1.23 bits per heavy atom. The van der Waals surface area contributed by atoms with Crippen LogP contribution in [0.5, 0.6) is 0 Å². The van der Waals surface area contributed by atoms with E-state index in [2.05, 4.69) is 0 Å². The molecule has 5 heteroatoms. The molecule has 0 aliphatic rings. The third-order valence-corrected chi connectivity index (χ3v) is 4.10. The van der Waals surface area contributed by atoms with Gasteiger partial charge in [0.2, 0.25) is 0 Å². The van der Waals surface area contributed by atoms with Crippen LogP contribution in [0.2, 0.25) is 0 Å². The second-order valence-electron chi connectivity index (χ2n) is 9.38. The highest BCUT2D eigenvalue weighted by Crippen LogP contribution is 2.19. The molecule has 0 bridgehead atoms. The highest BCUT2D eigenvalue weighted by molar-refractivity contribution is 6.13. The number of esters is 2. The predicted octanol–water partition coefficient (Wildman–Crippen LogP) is 5.36. The van der Waals surface area contributed by atoms with E-state index >= 15 is 0 Å². The van der Waals surface area contributed by atoms with Gasteiger partial charge in [-0.3, -0.25) is 9.79 Å². The molecular formula is C26H33NO4. The lowest BCUT2D eigenvalue weighted by atomic mass is 10.0. The molecule has 0 aliphatic heterocycles. The van der Waals surface area contributed by atoms with Crippen LogP contribution >= 0.6 is 0 Å². The Morgan fingerprint density at radius 1 is 0.774 bits per heavy atom. The van der Waals surface area contributed by atoms with E-state index in [0.717, 1.165) is 11.1 Å². The van der Waals surface area contributed by atoms with E-state index in [1.165, 1.54) is 0 Å². The first kappa shape index (κ1) is 24.3. The summed E-state index contributed by atoms with van der Waals surface area (Å²) in [7, 11) is 0. The van der Waals surface area contributed by atoms with Gasteiger partial charge in [0.1, 0.15) is 17.2 Å². The molecule has 0 saturated heterocycles. The average Bonchev–Trinajstić information content (AvgIpc) is 2.66. The molecule has 5 nitrogen and oxygen atoms in total. The lowest BCUT2D eigenvalue weighted by Crippen LogP contribution is -2.32. The van der Waals surface area contributed by atoms with E-state index in [4.69, 9.17) is 14.5 Å². The largest absolute Gasteiger partial charge is 0.460 e. The minimum absolute atomic E-state index is 0.0710. The van der Waals surface area contributed by atoms with Crippen molar-refractivity contribution in [3.63, 3.8) is 0 Å². The zero-order chi connectivity index (χ0) is 23.1. The number of ether oxygens (including phenoxy) is 2. The van der Waals surface area contributed by atoms with Gasteiger partial charge < -0.3 is 9.47 Å². The number of hydrogen-bond acceptors (Lipinski definition) is 5. The molecule has 0 aliphatic carbocycles. The Labute approximate surface area is 185 Å². The van der Waals surface area contributed by atoms with Gasteiger partial charge in [-0.15, -0.1) is 0 Å². The monoisotopic (exact) mass is 423 g/mol. The van der Waals surface area contributed by atoms with Crippen molar-refractivity contribution in [1.82, 2.24) is 0 Å². The second-order valence-corrected chi connectivity index (χ2v) is 9.38. The number of nitrogens with zero attached hydrogens (tertiary/aromatic N) is 1. The first-order valence-electron chi connectivity index (χ1n) is 10.6. The van der Waals surface area contributed by atoms with Crippen molar-refractivity contribution >= 4 is 17.7 Å². The van der Waals surface area contributed by atoms with Crippen LogP contribution in [0.15, 0.2) is 65.7 Å². The smallest absolute Gasteiger partial charge is 0.331 e. The summed E-state index contributed by atoms with van der Waals surface area (Å²) in [5.74, 6) is -0.822. The molecule has 0 aromatic heterocycles. The Bertz CT molecular complexity index is 849. The fourth-order valence-corrected chi connectivity index (χ4v) is 2.92. The quantitative estimate of drug-likeness (QED) is 0.444. The summed E-state index contributed by atoms with van der Waals surface area (Å²) >= 11 is 0. The van der Waals surface area contributed by atoms with Crippen molar-refractivity contribution in [3.05, 3.63) is 71.8 Å². The van der Waals surface area contributed by atoms with Gasteiger partial charge in [-0.1, -0.05) is 60.7 Å². The van der Waals surface area contributed by atoms with Crippen LogP contribution in [-0.2, 0) is 19.1 Å². The first-order valence-corrected chi connectivity index (χ1v) is 10.6. The van der Waals surface area contributed by atoms with E-state index < -0.39 is 23.2 Å². The van der Waals surface area contributed by atoms with E-state index in [9.17, 15) is 9.59 Å². The van der Waals surface area contributed by atoms with Crippen molar-refractivity contribution in [2.24, 2.45) is 4.99 Å². The maximum Gasteiger partial charge on any atom is 0.331 e. The first-order chi connectivity index (χ1) is 14.4. The fourth-order valence-electron chi connectivity index (χ4n) is 2.92. The highest BCUT2D eigenvalue weighted by Gasteiger charge is 2.27. The van der Waals surface area contributed by atoms with Crippen LogP contribution in [0.25, 0.3) is 0 Å². The van der Waals surface area contributed by atoms with Gasteiger partial charge in [0.25, 0.3) is 0 Å². The Kier molecular flexibility index (Phi) is 8.14. The summed E-state index contributed by atoms with van der Waals surface area (Å²) in [5, 5.41) is 0. The van der Waals surface area contributed by atoms with Gasteiger partial charge in [0.05, 0.1) is 5.71 Å². The number of carbonyl (C=O) groups is 2. The molecule has 2 aromatic carbocycles. The molecule has 0 radical (unpaired) electrons. The molecule has 1 atom stereocenters. The lowest BCUT2D eigenvalue weighted by molar-refractivity contribution is -0.157. The molecule has 0 heterocycles. The van der Waals surface area contributed by atoms with E-state index in [-0.39, 0.29) is 18.8 Å². The minimum Gasteiger partial charge on any atom is -0.460 e. The van der Waals surface area contributed by atoms with Crippen molar-refractivity contribution in [2.45, 2.75) is 71.6 Å². The highest BCUT2D eigenvalue weighted by atomic mass is 16.6. The van der Waals surface area contributed by atoms with Crippen molar-refractivity contribution in [3.8, 4) is 0 Å². The molecule has 2 aromatic rings. The molecule has 0 fully saturated rings. The SMILES string of the molecule is CC(C)(C)OC(=O)CC[C@H](N=C(c1ccccc1)c1ccccc1)C(=O)OC(C)(C)C. The van der Waals surface area contributed by atoms with Gasteiger partial charge in [0, 0.05) is 17.5 Å². The molecule has 166 valence electrons. The Hall–Kier alpha value is -2.95. The van der Waals surface area contributed by atoms with Crippen molar-refractivity contribution in [1.29, 1.82) is 0 Å². The van der Waals surface area contributed by atoms with Crippen LogP contribution in [0.4, 0.5) is 0 Å². The Morgan fingerprint density at radius 3 is 1.65 bits per heavy atom. The molecular weight excluding hydrogens is 390 g/mol. The van der Waals surface area contributed by atoms with E-state index in [1.54, 1.807) is 0 Å². The third-order valence-electron chi connectivity index (χ3n) is 4.10. The van der Waals surface area contributed by atoms with Crippen molar-refractivity contribution in [2.75, 3.05) is 0 Å². The normalized spacial score (nSPS) is 12.6. The second kappa shape index (κ2) is 10.4. The average molecular weight is 424 g/mol. The summed E-state index contributed by atoms with van der Waals surface area (Å²) in [6.07, 6.45) is 0.272. The molecule has 0 spiro atoms. The van der Waals surface area contributed by atoms with Crippen LogP contribution in [0.1, 0.15) is 65.5 Å². The van der Waals surface area contributed by atoms with Crippen LogP contribution < -0.4 is 0 Å². The molecule has 0 unspecified atom stereocenters. The molecule has 2 rings (SSSR count). The number of carbonyl (C=O) groups excluding carboxylic acids is 2. The van der Waals surface area contributed by atoms with Gasteiger partial charge >= 0.3 is 11.9 Å². The summed E-state index contributed by atoms with van der Waals surface area (Å²) in [5.41, 5.74) is 1.22. The van der Waals surface area contributed by atoms with Crippen LogP contribution in [-0.4, -0.2) is 34.9 Å². The van der Waals surface area contributed by atoms with E-state index in [0.29, 0.717) is 5.71 Å². The van der Waals surface area contributed by atoms with Gasteiger partial charge in [-0.2, -0.15) is 0 Å². The zero-order valence-corrected chi connectivity index (χ0v) is 19.3. The lowest BCUT2D eigenvalue weighted by Gasteiger charge is -2.24. The minimum atomic E-state index is -0.831. The van der Waals surface area contributed by atoms with Crippen molar-refractivity contribution < 1.29 is 19.1 Å². The zero-order valence-electron chi connectivity index (χ0n) is 19.3. The fraction of sp³-hybridized carbons (Fsp3) is 0.423. The van der Waals surface area contributed by atoms with Crippen LogP contribution in [0, 0.1) is 0 Å². The standard InChI is InChI=1S/C26H33NO4/c1-25(2,3)30-22(28)18-17-21(24(29)31-26(4,5)6)27-23(19-13-9-7-10-14-19)20-15-11-8-12-16-20/h7-16,21H,17-18H2,1-6H3/t21-/m0/s1. The number of aliphatic imine (C=N–C) groups is 1. The molecule has 0 amide bonds. The third kappa shape index (κ3) is 8.75.